The van der Waals surface area contributed by atoms with Crippen molar-refractivity contribution >= 4 is 11.3 Å². The highest BCUT2D eigenvalue weighted by Crippen LogP contribution is 2.25. The maximum absolute atomic E-state index is 5.30. The Morgan fingerprint density at radius 3 is 2.72 bits per heavy atom. The second kappa shape index (κ2) is 6.03. The van der Waals surface area contributed by atoms with Crippen molar-refractivity contribution in [2.24, 2.45) is 0 Å². The van der Waals surface area contributed by atoms with E-state index in [4.69, 9.17) is 4.74 Å². The van der Waals surface area contributed by atoms with Crippen molar-refractivity contribution in [2.75, 3.05) is 14.2 Å². The quantitative estimate of drug-likeness (QED) is 0.888. The molecule has 2 aromatic rings. The van der Waals surface area contributed by atoms with Crippen LogP contribution in [-0.2, 0) is 6.42 Å². The van der Waals surface area contributed by atoms with Gasteiger partial charge in [-0.05, 0) is 42.6 Å². The summed E-state index contributed by atoms with van der Waals surface area (Å²) in [6.07, 6.45) is 1.03. The number of nitrogens with one attached hydrogen (secondary N) is 1. The molecule has 1 unspecified atom stereocenters. The van der Waals surface area contributed by atoms with Gasteiger partial charge in [0.1, 0.15) is 5.75 Å². The monoisotopic (exact) mass is 261 g/mol. The summed E-state index contributed by atoms with van der Waals surface area (Å²) in [6.45, 7) is 2.08. The molecule has 18 heavy (non-hydrogen) atoms. The van der Waals surface area contributed by atoms with Crippen LogP contribution >= 0.6 is 11.3 Å². The van der Waals surface area contributed by atoms with E-state index in [9.17, 15) is 0 Å². The average molecular weight is 261 g/mol. The first kappa shape index (κ1) is 13.1. The van der Waals surface area contributed by atoms with Gasteiger partial charge in [0.25, 0.3) is 0 Å². The third kappa shape index (κ3) is 2.92. The lowest BCUT2D eigenvalue weighted by Gasteiger charge is -2.17. The zero-order chi connectivity index (χ0) is 13.0. The van der Waals surface area contributed by atoms with E-state index >= 15 is 0 Å². The molecule has 0 aliphatic carbocycles. The van der Waals surface area contributed by atoms with Gasteiger partial charge in [0.05, 0.1) is 7.11 Å². The number of benzene rings is 1. The van der Waals surface area contributed by atoms with Crippen molar-refractivity contribution in [3.8, 4) is 5.75 Å². The second-order valence-electron chi connectivity index (χ2n) is 4.35. The summed E-state index contributed by atoms with van der Waals surface area (Å²) in [4.78, 5) is 1.41. The van der Waals surface area contributed by atoms with Gasteiger partial charge in [-0.15, -0.1) is 11.3 Å². The van der Waals surface area contributed by atoms with Gasteiger partial charge in [-0.3, -0.25) is 0 Å². The lowest BCUT2D eigenvalue weighted by atomic mass is 10.0. The number of ether oxygens (including phenoxy) is 1. The van der Waals surface area contributed by atoms with Crippen LogP contribution in [0.4, 0.5) is 0 Å². The first-order valence-electron chi connectivity index (χ1n) is 6.08. The summed E-state index contributed by atoms with van der Waals surface area (Å²) < 4.78 is 5.30. The Balaban J connectivity index is 2.19. The normalized spacial score (nSPS) is 12.4. The topological polar surface area (TPSA) is 21.3 Å². The molecule has 0 bridgehead atoms. The minimum Gasteiger partial charge on any atom is -0.496 e. The molecule has 1 aromatic heterocycles. The largest absolute Gasteiger partial charge is 0.496 e. The SMILES string of the molecule is CNC(Cc1cccs1)c1ccc(OC)c(C)c1. The summed E-state index contributed by atoms with van der Waals surface area (Å²) in [6, 6.07) is 11.0. The van der Waals surface area contributed by atoms with Gasteiger partial charge in [0, 0.05) is 17.3 Å². The number of rotatable bonds is 5. The van der Waals surface area contributed by atoms with Crippen molar-refractivity contribution in [3.63, 3.8) is 0 Å². The summed E-state index contributed by atoms with van der Waals surface area (Å²) in [5, 5.41) is 5.51. The Morgan fingerprint density at radius 1 is 1.33 bits per heavy atom. The number of likely N-dealkylation sites (N-methyl/N-ethyl adjacent to an activating group) is 1. The third-order valence-electron chi connectivity index (χ3n) is 3.16. The Morgan fingerprint density at radius 2 is 2.17 bits per heavy atom. The first-order valence-corrected chi connectivity index (χ1v) is 6.96. The van der Waals surface area contributed by atoms with Crippen molar-refractivity contribution in [1.82, 2.24) is 5.32 Å². The van der Waals surface area contributed by atoms with Gasteiger partial charge < -0.3 is 10.1 Å². The molecule has 1 aromatic carbocycles. The highest BCUT2D eigenvalue weighted by Gasteiger charge is 2.12. The minimum atomic E-state index is 0.355. The number of aryl methyl sites for hydroxylation is 1. The van der Waals surface area contributed by atoms with Gasteiger partial charge in [0.2, 0.25) is 0 Å². The molecule has 0 aliphatic heterocycles. The molecule has 2 nitrogen and oxygen atoms in total. The summed E-state index contributed by atoms with van der Waals surface area (Å²) >= 11 is 1.81. The number of hydrogen-bond acceptors (Lipinski definition) is 3. The predicted octanol–water partition coefficient (Wildman–Crippen LogP) is 3.57. The fourth-order valence-electron chi connectivity index (χ4n) is 2.13. The summed E-state index contributed by atoms with van der Waals surface area (Å²) in [7, 11) is 3.72. The molecule has 0 radical (unpaired) electrons. The Kier molecular flexibility index (Phi) is 4.39. The fraction of sp³-hybridized carbons (Fsp3) is 0.333. The van der Waals surface area contributed by atoms with E-state index in [0.717, 1.165) is 12.2 Å². The summed E-state index contributed by atoms with van der Waals surface area (Å²) in [5.41, 5.74) is 2.49. The fourth-order valence-corrected chi connectivity index (χ4v) is 2.89. The summed E-state index contributed by atoms with van der Waals surface area (Å²) in [5.74, 6) is 0.949. The zero-order valence-corrected chi connectivity index (χ0v) is 11.9. The van der Waals surface area contributed by atoms with Crippen LogP contribution in [0, 0.1) is 6.92 Å². The highest BCUT2D eigenvalue weighted by molar-refractivity contribution is 7.09. The van der Waals surface area contributed by atoms with Crippen LogP contribution in [-0.4, -0.2) is 14.2 Å². The molecule has 0 fully saturated rings. The van der Waals surface area contributed by atoms with E-state index in [1.54, 1.807) is 7.11 Å². The smallest absolute Gasteiger partial charge is 0.121 e. The molecule has 0 saturated heterocycles. The number of hydrogen-bond donors (Lipinski definition) is 1. The Bertz CT molecular complexity index is 493. The van der Waals surface area contributed by atoms with Crippen molar-refractivity contribution < 1.29 is 4.74 Å². The molecule has 0 spiro atoms. The molecule has 1 heterocycles. The third-order valence-corrected chi connectivity index (χ3v) is 4.05. The maximum Gasteiger partial charge on any atom is 0.121 e. The number of thiophene rings is 1. The predicted molar refractivity (Wildman–Crippen MR) is 77.6 cm³/mol. The van der Waals surface area contributed by atoms with Gasteiger partial charge in [0.15, 0.2) is 0 Å². The van der Waals surface area contributed by atoms with Crippen LogP contribution in [0.3, 0.4) is 0 Å². The molecule has 1 N–H and O–H groups in total. The molecule has 96 valence electrons. The van der Waals surface area contributed by atoms with Crippen LogP contribution in [0.1, 0.15) is 22.0 Å². The van der Waals surface area contributed by atoms with Gasteiger partial charge in [-0.1, -0.05) is 18.2 Å². The van der Waals surface area contributed by atoms with Crippen molar-refractivity contribution in [3.05, 3.63) is 51.7 Å². The molecular formula is C15H19NOS. The lowest BCUT2D eigenvalue weighted by Crippen LogP contribution is -2.18. The molecule has 0 amide bonds. The van der Waals surface area contributed by atoms with Crippen LogP contribution in [0.5, 0.6) is 5.75 Å². The van der Waals surface area contributed by atoms with E-state index < -0.39 is 0 Å². The van der Waals surface area contributed by atoms with Crippen molar-refractivity contribution in [2.45, 2.75) is 19.4 Å². The van der Waals surface area contributed by atoms with Gasteiger partial charge in [-0.2, -0.15) is 0 Å². The van der Waals surface area contributed by atoms with E-state index in [2.05, 4.69) is 41.9 Å². The van der Waals surface area contributed by atoms with E-state index in [-0.39, 0.29) is 0 Å². The Labute approximate surface area is 113 Å². The maximum atomic E-state index is 5.30. The minimum absolute atomic E-state index is 0.355. The van der Waals surface area contributed by atoms with Crippen LogP contribution in [0.2, 0.25) is 0 Å². The molecule has 2 rings (SSSR count). The van der Waals surface area contributed by atoms with Crippen LogP contribution < -0.4 is 10.1 Å². The zero-order valence-electron chi connectivity index (χ0n) is 11.1. The molecule has 0 aliphatic rings. The van der Waals surface area contributed by atoms with Gasteiger partial charge in [-0.25, -0.2) is 0 Å². The second-order valence-corrected chi connectivity index (χ2v) is 5.39. The van der Waals surface area contributed by atoms with E-state index in [1.807, 2.05) is 24.5 Å². The molecule has 3 heteroatoms. The van der Waals surface area contributed by atoms with Gasteiger partial charge >= 0.3 is 0 Å². The average Bonchev–Trinajstić information content (AvgIpc) is 2.88. The Hall–Kier alpha value is -1.32. The van der Waals surface area contributed by atoms with Crippen LogP contribution in [0.25, 0.3) is 0 Å². The molecule has 1 atom stereocenters. The van der Waals surface area contributed by atoms with E-state index in [0.29, 0.717) is 6.04 Å². The highest BCUT2D eigenvalue weighted by atomic mass is 32.1. The van der Waals surface area contributed by atoms with Crippen LogP contribution in [0.15, 0.2) is 35.7 Å². The molecule has 0 saturated carbocycles. The standard InChI is InChI=1S/C15H19NOS/c1-11-9-12(6-7-15(11)17-3)14(16-2)10-13-5-4-8-18-13/h4-9,14,16H,10H2,1-3H3. The first-order chi connectivity index (χ1) is 8.74. The van der Waals surface area contributed by atoms with Crippen molar-refractivity contribution in [1.29, 1.82) is 0 Å². The van der Waals surface area contributed by atoms with E-state index in [1.165, 1.54) is 16.0 Å². The number of methoxy groups -OCH3 is 1. The molecular weight excluding hydrogens is 242 g/mol. The lowest BCUT2D eigenvalue weighted by molar-refractivity contribution is 0.411.